The lowest BCUT2D eigenvalue weighted by molar-refractivity contribution is 0.0954. The first-order valence-electron chi connectivity index (χ1n) is 9.45. The summed E-state index contributed by atoms with van der Waals surface area (Å²) < 4.78 is 0. The predicted octanol–water partition coefficient (Wildman–Crippen LogP) is 2.02. The fourth-order valence-electron chi connectivity index (χ4n) is 3.32. The molecule has 0 spiro atoms. The molecule has 0 atom stereocenters. The molecule has 0 aliphatic carbocycles. The van der Waals surface area contributed by atoms with E-state index in [0.717, 1.165) is 49.2 Å². The number of nitrogen functional groups attached to an aromatic ring is 1. The average molecular weight is 377 g/mol. The number of anilines is 2. The van der Waals surface area contributed by atoms with Gasteiger partial charge in [0.15, 0.2) is 0 Å². The van der Waals surface area contributed by atoms with E-state index in [1.54, 1.807) is 18.3 Å². The first-order chi connectivity index (χ1) is 13.7. The summed E-state index contributed by atoms with van der Waals surface area (Å²) in [6, 6.07) is 9.16. The van der Waals surface area contributed by atoms with Gasteiger partial charge in [0.2, 0.25) is 5.95 Å². The second-order valence-corrected chi connectivity index (χ2v) is 6.87. The van der Waals surface area contributed by atoms with Crippen molar-refractivity contribution in [2.45, 2.75) is 19.3 Å². The maximum Gasteiger partial charge on any atom is 0.251 e. The van der Waals surface area contributed by atoms with Gasteiger partial charge in [-0.05, 0) is 37.0 Å². The smallest absolute Gasteiger partial charge is 0.251 e. The van der Waals surface area contributed by atoms with Gasteiger partial charge in [-0.25, -0.2) is 4.98 Å². The number of amides is 1. The third-order valence-electron chi connectivity index (χ3n) is 4.80. The van der Waals surface area contributed by atoms with Crippen molar-refractivity contribution in [1.29, 1.82) is 0 Å². The monoisotopic (exact) mass is 377 g/mol. The quantitative estimate of drug-likeness (QED) is 0.606. The van der Waals surface area contributed by atoms with E-state index >= 15 is 0 Å². The second kappa shape index (κ2) is 8.08. The Kier molecular flexibility index (Phi) is 5.18. The Balaban J connectivity index is 1.49. The molecule has 2 aromatic heterocycles. The standard InChI is InChI=1S/C20H23N7O/c21-18-11-17(25-20(26-18)27-8-1-2-9-27)15-4-3-5-16(10-15)19(28)22-7-6-14-12-23-24-13-14/h3-5,10-13H,1-2,6-9H2,(H,22,28)(H,23,24)(H2,21,25,26). The van der Waals surface area contributed by atoms with Crippen LogP contribution in [-0.4, -0.2) is 45.7 Å². The number of nitrogens with one attached hydrogen (secondary N) is 2. The number of rotatable bonds is 6. The molecule has 0 bridgehead atoms. The fourth-order valence-corrected chi connectivity index (χ4v) is 3.32. The topological polar surface area (TPSA) is 113 Å². The number of nitrogens with two attached hydrogens (primary N) is 1. The van der Waals surface area contributed by atoms with Gasteiger partial charge in [-0.1, -0.05) is 12.1 Å². The molecule has 1 aliphatic heterocycles. The molecule has 1 aliphatic rings. The molecule has 8 heteroatoms. The molecule has 3 aromatic rings. The minimum atomic E-state index is -0.118. The van der Waals surface area contributed by atoms with E-state index in [0.29, 0.717) is 23.9 Å². The Morgan fingerprint density at radius 2 is 2.07 bits per heavy atom. The fraction of sp³-hybridized carbons (Fsp3) is 0.300. The number of nitrogens with zero attached hydrogens (tertiary/aromatic N) is 4. The van der Waals surface area contributed by atoms with Gasteiger partial charge in [0.1, 0.15) is 5.82 Å². The van der Waals surface area contributed by atoms with Gasteiger partial charge in [0.05, 0.1) is 11.9 Å². The number of hydrogen-bond acceptors (Lipinski definition) is 6. The van der Waals surface area contributed by atoms with Crippen molar-refractivity contribution in [1.82, 2.24) is 25.5 Å². The zero-order valence-electron chi connectivity index (χ0n) is 15.6. The summed E-state index contributed by atoms with van der Waals surface area (Å²) in [5.74, 6) is 0.969. The molecule has 3 heterocycles. The molecule has 1 saturated heterocycles. The molecular formula is C20H23N7O. The van der Waals surface area contributed by atoms with Crippen LogP contribution in [0.2, 0.25) is 0 Å². The Labute approximate surface area is 163 Å². The molecule has 1 aromatic carbocycles. The molecule has 28 heavy (non-hydrogen) atoms. The van der Waals surface area contributed by atoms with E-state index in [2.05, 4.69) is 30.4 Å². The van der Waals surface area contributed by atoms with Crippen LogP contribution in [0.5, 0.6) is 0 Å². The SMILES string of the molecule is Nc1cc(-c2cccc(C(=O)NCCc3cn[nH]c3)c2)nc(N2CCCC2)n1. The van der Waals surface area contributed by atoms with E-state index < -0.39 is 0 Å². The van der Waals surface area contributed by atoms with Crippen LogP contribution in [0.1, 0.15) is 28.8 Å². The van der Waals surface area contributed by atoms with Crippen LogP contribution in [0.4, 0.5) is 11.8 Å². The van der Waals surface area contributed by atoms with E-state index in [1.165, 1.54) is 0 Å². The highest BCUT2D eigenvalue weighted by molar-refractivity contribution is 5.95. The lowest BCUT2D eigenvalue weighted by Gasteiger charge is -2.16. The van der Waals surface area contributed by atoms with Crippen molar-refractivity contribution < 1.29 is 4.79 Å². The summed E-state index contributed by atoms with van der Waals surface area (Å²) in [5, 5.41) is 9.61. The molecule has 0 saturated carbocycles. The molecule has 1 amide bonds. The van der Waals surface area contributed by atoms with Crippen molar-refractivity contribution in [2.75, 3.05) is 30.3 Å². The third-order valence-corrected chi connectivity index (χ3v) is 4.80. The van der Waals surface area contributed by atoms with Crippen LogP contribution in [-0.2, 0) is 6.42 Å². The maximum absolute atomic E-state index is 12.5. The summed E-state index contributed by atoms with van der Waals surface area (Å²) in [4.78, 5) is 23.7. The summed E-state index contributed by atoms with van der Waals surface area (Å²) in [6.07, 6.45) is 6.59. The number of carbonyl (C=O) groups excluding carboxylic acids is 1. The number of hydrogen-bond donors (Lipinski definition) is 3. The van der Waals surface area contributed by atoms with Gasteiger partial charge < -0.3 is 16.0 Å². The lowest BCUT2D eigenvalue weighted by atomic mass is 10.1. The predicted molar refractivity (Wildman–Crippen MR) is 108 cm³/mol. The molecule has 4 rings (SSSR count). The first-order valence-corrected chi connectivity index (χ1v) is 9.45. The average Bonchev–Trinajstić information content (AvgIpc) is 3.42. The van der Waals surface area contributed by atoms with Crippen molar-refractivity contribution in [2.24, 2.45) is 0 Å². The summed E-state index contributed by atoms with van der Waals surface area (Å²) in [6.45, 7) is 2.44. The molecular weight excluding hydrogens is 354 g/mol. The van der Waals surface area contributed by atoms with Crippen LogP contribution in [0, 0.1) is 0 Å². The van der Waals surface area contributed by atoms with Crippen molar-refractivity contribution in [3.63, 3.8) is 0 Å². The largest absolute Gasteiger partial charge is 0.384 e. The Morgan fingerprint density at radius 1 is 1.21 bits per heavy atom. The number of H-pyrrole nitrogens is 1. The Hall–Kier alpha value is -3.42. The van der Waals surface area contributed by atoms with E-state index in [4.69, 9.17) is 5.73 Å². The van der Waals surface area contributed by atoms with Crippen molar-refractivity contribution >= 4 is 17.7 Å². The van der Waals surface area contributed by atoms with Crippen LogP contribution >= 0.6 is 0 Å². The van der Waals surface area contributed by atoms with Crippen molar-refractivity contribution in [3.05, 3.63) is 53.9 Å². The van der Waals surface area contributed by atoms with Gasteiger partial charge in [-0.15, -0.1) is 0 Å². The van der Waals surface area contributed by atoms with Crippen LogP contribution in [0.25, 0.3) is 11.3 Å². The van der Waals surface area contributed by atoms with Crippen LogP contribution in [0.3, 0.4) is 0 Å². The molecule has 4 N–H and O–H groups in total. The minimum absolute atomic E-state index is 0.118. The summed E-state index contributed by atoms with van der Waals surface area (Å²) >= 11 is 0. The third kappa shape index (κ3) is 4.11. The number of carbonyl (C=O) groups is 1. The van der Waals surface area contributed by atoms with Crippen LogP contribution in [0.15, 0.2) is 42.7 Å². The second-order valence-electron chi connectivity index (χ2n) is 6.87. The lowest BCUT2D eigenvalue weighted by Crippen LogP contribution is -2.25. The van der Waals surface area contributed by atoms with Gasteiger partial charge in [-0.2, -0.15) is 10.1 Å². The number of benzene rings is 1. The summed E-state index contributed by atoms with van der Waals surface area (Å²) in [7, 11) is 0. The highest BCUT2D eigenvalue weighted by atomic mass is 16.1. The normalized spacial score (nSPS) is 13.6. The zero-order valence-corrected chi connectivity index (χ0v) is 15.6. The summed E-state index contributed by atoms with van der Waals surface area (Å²) in [5.41, 5.74) is 9.22. The Morgan fingerprint density at radius 3 is 2.86 bits per heavy atom. The maximum atomic E-state index is 12.5. The highest BCUT2D eigenvalue weighted by Gasteiger charge is 2.17. The molecule has 0 unspecified atom stereocenters. The first kappa shape index (κ1) is 18.0. The van der Waals surface area contributed by atoms with Gasteiger partial charge in [0, 0.05) is 43.0 Å². The Bertz CT molecular complexity index is 949. The van der Waals surface area contributed by atoms with Gasteiger partial charge >= 0.3 is 0 Å². The van der Waals surface area contributed by atoms with E-state index in [1.807, 2.05) is 24.4 Å². The number of aromatic nitrogens is 4. The number of aromatic amines is 1. The molecule has 8 nitrogen and oxygen atoms in total. The van der Waals surface area contributed by atoms with E-state index in [-0.39, 0.29) is 5.91 Å². The van der Waals surface area contributed by atoms with Crippen molar-refractivity contribution in [3.8, 4) is 11.3 Å². The zero-order chi connectivity index (χ0) is 19.3. The van der Waals surface area contributed by atoms with Crippen LogP contribution < -0.4 is 16.0 Å². The molecule has 144 valence electrons. The van der Waals surface area contributed by atoms with E-state index in [9.17, 15) is 4.79 Å². The molecule has 0 radical (unpaired) electrons. The highest BCUT2D eigenvalue weighted by Crippen LogP contribution is 2.24. The van der Waals surface area contributed by atoms with Gasteiger partial charge in [-0.3, -0.25) is 9.89 Å². The minimum Gasteiger partial charge on any atom is -0.384 e. The molecule has 1 fully saturated rings. The van der Waals surface area contributed by atoms with Gasteiger partial charge in [0.25, 0.3) is 5.91 Å².